The van der Waals surface area contributed by atoms with Crippen molar-refractivity contribution in [3.63, 3.8) is 0 Å². The molecule has 0 N–H and O–H groups in total. The Balaban J connectivity index is 2.91. The Morgan fingerprint density at radius 1 is 1.38 bits per heavy atom. The molecule has 0 bridgehead atoms. The quantitative estimate of drug-likeness (QED) is 0.665. The number of aryl methyl sites for hydroxylation is 1. The Morgan fingerprint density at radius 2 is 2.08 bits per heavy atom. The normalized spacial score (nSPS) is 10.2. The van der Waals surface area contributed by atoms with Gasteiger partial charge in [-0.25, -0.2) is 0 Å². The van der Waals surface area contributed by atoms with Gasteiger partial charge >= 0.3 is 0 Å². The molecule has 0 atom stereocenters. The van der Waals surface area contributed by atoms with Gasteiger partial charge in [0, 0.05) is 5.56 Å². The molecular formula is C11H14O2. The lowest BCUT2D eigenvalue weighted by molar-refractivity contribution is 0.112. The van der Waals surface area contributed by atoms with Gasteiger partial charge in [0.05, 0.1) is 6.10 Å². The molecule has 13 heavy (non-hydrogen) atoms. The Kier molecular flexibility index (Phi) is 3.07. The van der Waals surface area contributed by atoms with Crippen molar-refractivity contribution in [2.24, 2.45) is 0 Å². The van der Waals surface area contributed by atoms with Crippen LogP contribution in [0.15, 0.2) is 18.2 Å². The van der Waals surface area contributed by atoms with Crippen LogP contribution >= 0.6 is 0 Å². The maximum atomic E-state index is 10.5. The smallest absolute Gasteiger partial charge is 0.150 e. The summed E-state index contributed by atoms with van der Waals surface area (Å²) in [5.41, 5.74) is 1.69. The maximum Gasteiger partial charge on any atom is 0.150 e. The standard InChI is InChI=1S/C11H14O2/c1-8(2)13-11-5-4-10(7-12)6-9(11)3/h4-8H,1-3H3. The van der Waals surface area contributed by atoms with Crippen molar-refractivity contribution in [1.82, 2.24) is 0 Å². The van der Waals surface area contributed by atoms with Crippen LogP contribution in [0, 0.1) is 6.92 Å². The second kappa shape index (κ2) is 4.08. The third-order valence-electron chi connectivity index (χ3n) is 1.70. The van der Waals surface area contributed by atoms with Gasteiger partial charge in [-0.2, -0.15) is 0 Å². The van der Waals surface area contributed by atoms with Gasteiger partial charge in [0.2, 0.25) is 0 Å². The molecule has 0 unspecified atom stereocenters. The van der Waals surface area contributed by atoms with Crippen molar-refractivity contribution in [2.75, 3.05) is 0 Å². The second-order valence-electron chi connectivity index (χ2n) is 3.31. The fourth-order valence-corrected chi connectivity index (χ4v) is 1.13. The minimum absolute atomic E-state index is 0.167. The van der Waals surface area contributed by atoms with Crippen LogP contribution in [0.2, 0.25) is 0 Å². The molecule has 0 aliphatic heterocycles. The zero-order valence-electron chi connectivity index (χ0n) is 8.20. The van der Waals surface area contributed by atoms with Crippen LogP contribution in [0.5, 0.6) is 5.75 Å². The number of aldehydes is 1. The molecule has 0 amide bonds. The van der Waals surface area contributed by atoms with Crippen molar-refractivity contribution in [2.45, 2.75) is 26.9 Å². The van der Waals surface area contributed by atoms with Crippen molar-refractivity contribution in [1.29, 1.82) is 0 Å². The molecule has 0 aliphatic carbocycles. The highest BCUT2D eigenvalue weighted by Crippen LogP contribution is 2.19. The lowest BCUT2D eigenvalue weighted by Crippen LogP contribution is -2.06. The summed E-state index contributed by atoms with van der Waals surface area (Å²) in [5, 5.41) is 0. The first kappa shape index (κ1) is 9.78. The summed E-state index contributed by atoms with van der Waals surface area (Å²) >= 11 is 0. The first-order valence-electron chi connectivity index (χ1n) is 4.36. The number of rotatable bonds is 3. The molecule has 0 saturated heterocycles. The highest BCUT2D eigenvalue weighted by atomic mass is 16.5. The van der Waals surface area contributed by atoms with Crippen molar-refractivity contribution < 1.29 is 9.53 Å². The summed E-state index contributed by atoms with van der Waals surface area (Å²) in [6.45, 7) is 5.89. The van der Waals surface area contributed by atoms with E-state index in [1.165, 1.54) is 0 Å². The van der Waals surface area contributed by atoms with Gasteiger partial charge in [0.25, 0.3) is 0 Å². The molecule has 0 spiro atoms. The molecule has 2 heteroatoms. The van der Waals surface area contributed by atoms with E-state index in [0.29, 0.717) is 5.56 Å². The van der Waals surface area contributed by atoms with E-state index in [0.717, 1.165) is 17.6 Å². The molecule has 0 radical (unpaired) electrons. The van der Waals surface area contributed by atoms with E-state index in [2.05, 4.69) is 0 Å². The van der Waals surface area contributed by atoms with Gasteiger partial charge in [-0.3, -0.25) is 4.79 Å². The summed E-state index contributed by atoms with van der Waals surface area (Å²) in [5.74, 6) is 0.848. The van der Waals surface area contributed by atoms with Crippen LogP contribution in [0.4, 0.5) is 0 Å². The first-order chi connectivity index (χ1) is 6.13. The van der Waals surface area contributed by atoms with Crippen molar-refractivity contribution in [3.05, 3.63) is 29.3 Å². The molecule has 2 nitrogen and oxygen atoms in total. The highest BCUT2D eigenvalue weighted by molar-refractivity contribution is 5.75. The molecule has 1 aromatic carbocycles. The van der Waals surface area contributed by atoms with E-state index < -0.39 is 0 Å². The number of benzene rings is 1. The molecule has 0 saturated carbocycles. The molecule has 0 aliphatic rings. The molecule has 70 valence electrons. The molecule has 1 aromatic rings. The monoisotopic (exact) mass is 178 g/mol. The lowest BCUT2D eigenvalue weighted by Gasteiger charge is -2.12. The van der Waals surface area contributed by atoms with Crippen LogP contribution in [-0.2, 0) is 0 Å². The van der Waals surface area contributed by atoms with Gasteiger partial charge in [-0.15, -0.1) is 0 Å². The largest absolute Gasteiger partial charge is 0.491 e. The highest BCUT2D eigenvalue weighted by Gasteiger charge is 2.02. The fourth-order valence-electron chi connectivity index (χ4n) is 1.13. The van der Waals surface area contributed by atoms with Crippen LogP contribution in [0.1, 0.15) is 29.8 Å². The molecular weight excluding hydrogens is 164 g/mol. The SMILES string of the molecule is Cc1cc(C=O)ccc1OC(C)C. The number of carbonyl (C=O) groups excluding carboxylic acids is 1. The fraction of sp³-hybridized carbons (Fsp3) is 0.364. The minimum Gasteiger partial charge on any atom is -0.491 e. The van der Waals surface area contributed by atoms with Gasteiger partial charge < -0.3 is 4.74 Å². The maximum absolute atomic E-state index is 10.5. The number of ether oxygens (including phenoxy) is 1. The van der Waals surface area contributed by atoms with Gasteiger partial charge in [-0.05, 0) is 44.5 Å². The van der Waals surface area contributed by atoms with Crippen LogP contribution < -0.4 is 4.74 Å². The van der Waals surface area contributed by atoms with E-state index >= 15 is 0 Å². The van der Waals surface area contributed by atoms with Gasteiger partial charge in [-0.1, -0.05) is 0 Å². The zero-order valence-corrected chi connectivity index (χ0v) is 8.20. The van der Waals surface area contributed by atoms with E-state index in [1.54, 1.807) is 6.07 Å². The minimum atomic E-state index is 0.167. The van der Waals surface area contributed by atoms with E-state index in [4.69, 9.17) is 4.74 Å². The molecule has 0 heterocycles. The number of carbonyl (C=O) groups is 1. The van der Waals surface area contributed by atoms with Crippen LogP contribution in [0.25, 0.3) is 0 Å². The summed E-state index contributed by atoms with van der Waals surface area (Å²) in [6, 6.07) is 5.42. The van der Waals surface area contributed by atoms with Gasteiger partial charge in [0.15, 0.2) is 0 Å². The Labute approximate surface area is 78.5 Å². The summed E-state index contributed by atoms with van der Waals surface area (Å²) in [7, 11) is 0. The molecule has 0 aromatic heterocycles. The zero-order chi connectivity index (χ0) is 9.84. The molecule has 1 rings (SSSR count). The summed E-state index contributed by atoms with van der Waals surface area (Å²) < 4.78 is 5.53. The Morgan fingerprint density at radius 3 is 2.54 bits per heavy atom. The Hall–Kier alpha value is -1.31. The second-order valence-corrected chi connectivity index (χ2v) is 3.31. The van der Waals surface area contributed by atoms with Gasteiger partial charge in [0.1, 0.15) is 12.0 Å². The van der Waals surface area contributed by atoms with Crippen molar-refractivity contribution in [3.8, 4) is 5.75 Å². The number of hydrogen-bond donors (Lipinski definition) is 0. The summed E-state index contributed by atoms with van der Waals surface area (Å²) in [6.07, 6.45) is 1.01. The predicted molar refractivity (Wildman–Crippen MR) is 52.3 cm³/mol. The van der Waals surface area contributed by atoms with Crippen LogP contribution in [-0.4, -0.2) is 12.4 Å². The summed E-state index contributed by atoms with van der Waals surface area (Å²) in [4.78, 5) is 10.5. The average Bonchev–Trinajstić information content (AvgIpc) is 2.08. The number of hydrogen-bond acceptors (Lipinski definition) is 2. The predicted octanol–water partition coefficient (Wildman–Crippen LogP) is 2.59. The van der Waals surface area contributed by atoms with E-state index in [-0.39, 0.29) is 6.10 Å². The van der Waals surface area contributed by atoms with E-state index in [9.17, 15) is 4.79 Å². The third kappa shape index (κ3) is 2.58. The Bertz CT molecular complexity index is 303. The van der Waals surface area contributed by atoms with E-state index in [1.807, 2.05) is 32.9 Å². The van der Waals surface area contributed by atoms with Crippen LogP contribution in [0.3, 0.4) is 0 Å². The lowest BCUT2D eigenvalue weighted by atomic mass is 10.1. The topological polar surface area (TPSA) is 26.3 Å². The first-order valence-corrected chi connectivity index (χ1v) is 4.36. The molecule has 0 fully saturated rings. The van der Waals surface area contributed by atoms with Crippen molar-refractivity contribution >= 4 is 6.29 Å². The third-order valence-corrected chi connectivity index (χ3v) is 1.70. The average molecular weight is 178 g/mol.